The van der Waals surface area contributed by atoms with Crippen LogP contribution in [-0.4, -0.2) is 43.6 Å². The number of rotatable bonds is 5. The van der Waals surface area contributed by atoms with Crippen molar-refractivity contribution in [3.8, 4) is 5.75 Å². The molecule has 1 N–H and O–H groups in total. The highest BCUT2D eigenvalue weighted by molar-refractivity contribution is 5.94. The summed E-state index contributed by atoms with van der Waals surface area (Å²) in [7, 11) is 0. The first-order valence-electron chi connectivity index (χ1n) is 8.51. The summed E-state index contributed by atoms with van der Waals surface area (Å²) in [4.78, 5) is 20.1. The quantitative estimate of drug-likeness (QED) is 0.847. The molecule has 0 atom stereocenters. The molecule has 3 rings (SSSR count). The van der Waals surface area contributed by atoms with Gasteiger partial charge in [-0.05, 0) is 36.8 Å². The first kappa shape index (κ1) is 16.3. The van der Waals surface area contributed by atoms with Crippen LogP contribution in [0.2, 0.25) is 0 Å². The number of pyridine rings is 1. The number of anilines is 1. The average molecular weight is 326 g/mol. The van der Waals surface area contributed by atoms with Crippen molar-refractivity contribution in [2.24, 2.45) is 0 Å². The fourth-order valence-electron chi connectivity index (χ4n) is 2.83. The minimum absolute atomic E-state index is 0.0914. The highest BCUT2D eigenvalue weighted by Gasteiger charge is 2.26. The molecule has 2 heterocycles. The minimum Gasteiger partial charge on any atom is -0.494 e. The highest BCUT2D eigenvalue weighted by atomic mass is 16.5. The van der Waals surface area contributed by atoms with Gasteiger partial charge in [0.05, 0.1) is 25.9 Å². The zero-order valence-corrected chi connectivity index (χ0v) is 14.1. The van der Waals surface area contributed by atoms with E-state index in [1.807, 2.05) is 47.5 Å². The van der Waals surface area contributed by atoms with Crippen LogP contribution in [0.4, 0.5) is 5.82 Å². The van der Waals surface area contributed by atoms with Gasteiger partial charge in [0.15, 0.2) is 0 Å². The van der Waals surface area contributed by atoms with Crippen LogP contribution in [0.15, 0.2) is 48.7 Å². The second-order valence-electron chi connectivity index (χ2n) is 5.90. The molecule has 0 bridgehead atoms. The van der Waals surface area contributed by atoms with Gasteiger partial charge in [0, 0.05) is 11.6 Å². The van der Waals surface area contributed by atoms with E-state index in [1.165, 1.54) is 0 Å². The molecule has 1 fully saturated rings. The van der Waals surface area contributed by atoms with Gasteiger partial charge >= 0.3 is 0 Å². The van der Waals surface area contributed by atoms with E-state index in [2.05, 4.69) is 22.9 Å². The third-order valence-electron chi connectivity index (χ3n) is 4.17. The number of benzene rings is 1. The number of piperazine rings is 1. The normalized spacial score (nSPS) is 14.5. The van der Waals surface area contributed by atoms with E-state index in [-0.39, 0.29) is 5.91 Å². The SMILES string of the molecule is CCCOc1ccc(C(=O)N2CCN(c3cccc[nH+]3)CC2)cc1. The number of hydrogen-bond acceptors (Lipinski definition) is 3. The Morgan fingerprint density at radius 2 is 1.83 bits per heavy atom. The van der Waals surface area contributed by atoms with Crippen molar-refractivity contribution >= 4 is 11.7 Å². The fraction of sp³-hybridized carbons (Fsp3) is 0.368. The van der Waals surface area contributed by atoms with Crippen molar-refractivity contribution in [3.63, 3.8) is 0 Å². The van der Waals surface area contributed by atoms with E-state index < -0.39 is 0 Å². The Hall–Kier alpha value is -2.56. The molecule has 0 unspecified atom stereocenters. The number of carbonyl (C=O) groups is 1. The van der Waals surface area contributed by atoms with Crippen LogP contribution in [-0.2, 0) is 0 Å². The minimum atomic E-state index is 0.0914. The molecule has 1 aromatic heterocycles. The Morgan fingerprint density at radius 1 is 1.08 bits per heavy atom. The Kier molecular flexibility index (Phi) is 5.31. The molecule has 1 aliphatic rings. The number of H-pyrrole nitrogens is 1. The van der Waals surface area contributed by atoms with Crippen LogP contribution in [0, 0.1) is 0 Å². The van der Waals surface area contributed by atoms with Crippen molar-refractivity contribution in [2.75, 3.05) is 37.7 Å². The molecule has 0 spiro atoms. The third kappa shape index (κ3) is 3.85. The van der Waals surface area contributed by atoms with E-state index in [0.29, 0.717) is 6.61 Å². The number of amides is 1. The number of hydrogen-bond donors (Lipinski definition) is 0. The molecular formula is C19H24N3O2+. The molecule has 1 amide bonds. The average Bonchev–Trinajstić information content (AvgIpc) is 2.67. The predicted octanol–water partition coefficient (Wildman–Crippen LogP) is 2.25. The maximum absolute atomic E-state index is 12.6. The lowest BCUT2D eigenvalue weighted by Gasteiger charge is -2.31. The molecule has 0 aliphatic carbocycles. The number of aromatic nitrogens is 1. The summed E-state index contributed by atoms with van der Waals surface area (Å²) in [5.41, 5.74) is 0.721. The Labute approximate surface area is 142 Å². The van der Waals surface area contributed by atoms with Crippen LogP contribution in [0.1, 0.15) is 23.7 Å². The van der Waals surface area contributed by atoms with E-state index in [0.717, 1.165) is 49.7 Å². The van der Waals surface area contributed by atoms with Crippen LogP contribution in [0.3, 0.4) is 0 Å². The molecule has 1 aliphatic heterocycles. The standard InChI is InChI=1S/C19H23N3O2/c1-2-15-24-17-8-6-16(7-9-17)19(23)22-13-11-21(12-14-22)18-5-3-4-10-20-18/h3-10H,2,11-15H2,1H3/p+1. The molecule has 0 radical (unpaired) electrons. The summed E-state index contributed by atoms with van der Waals surface area (Å²) in [6, 6.07) is 13.5. The van der Waals surface area contributed by atoms with Crippen molar-refractivity contribution in [3.05, 3.63) is 54.2 Å². The van der Waals surface area contributed by atoms with Crippen molar-refractivity contribution in [1.29, 1.82) is 0 Å². The van der Waals surface area contributed by atoms with Crippen molar-refractivity contribution in [2.45, 2.75) is 13.3 Å². The summed E-state index contributed by atoms with van der Waals surface area (Å²) in [5.74, 6) is 2.01. The fourth-order valence-corrected chi connectivity index (χ4v) is 2.83. The zero-order valence-electron chi connectivity index (χ0n) is 14.1. The molecule has 5 nitrogen and oxygen atoms in total. The van der Waals surface area contributed by atoms with E-state index in [1.54, 1.807) is 0 Å². The van der Waals surface area contributed by atoms with Gasteiger partial charge in [-0.3, -0.25) is 9.69 Å². The summed E-state index contributed by atoms with van der Waals surface area (Å²) >= 11 is 0. The molecule has 1 saturated heterocycles. The summed E-state index contributed by atoms with van der Waals surface area (Å²) < 4.78 is 5.56. The predicted molar refractivity (Wildman–Crippen MR) is 93.3 cm³/mol. The summed E-state index contributed by atoms with van der Waals surface area (Å²) in [6.45, 7) is 5.91. The van der Waals surface area contributed by atoms with Gasteiger partial charge in [0.25, 0.3) is 11.7 Å². The lowest BCUT2D eigenvalue weighted by molar-refractivity contribution is -0.364. The molecular weight excluding hydrogens is 302 g/mol. The van der Waals surface area contributed by atoms with Gasteiger partial charge in [-0.2, -0.15) is 0 Å². The zero-order chi connectivity index (χ0) is 16.8. The first-order valence-corrected chi connectivity index (χ1v) is 8.51. The van der Waals surface area contributed by atoms with Gasteiger partial charge in [-0.15, -0.1) is 0 Å². The smallest absolute Gasteiger partial charge is 0.274 e. The van der Waals surface area contributed by atoms with Crippen molar-refractivity contribution in [1.82, 2.24) is 4.90 Å². The summed E-state index contributed by atoms with van der Waals surface area (Å²) in [6.07, 6.45) is 2.90. The first-order chi connectivity index (χ1) is 11.8. The van der Waals surface area contributed by atoms with Crippen LogP contribution in [0.5, 0.6) is 5.75 Å². The van der Waals surface area contributed by atoms with E-state index in [4.69, 9.17) is 4.74 Å². The largest absolute Gasteiger partial charge is 0.494 e. The van der Waals surface area contributed by atoms with Crippen LogP contribution < -0.4 is 14.6 Å². The maximum Gasteiger partial charge on any atom is 0.274 e. The molecule has 1 aromatic carbocycles. The van der Waals surface area contributed by atoms with Gasteiger partial charge in [-0.25, -0.2) is 4.98 Å². The number of ether oxygens (including phenoxy) is 1. The lowest BCUT2D eigenvalue weighted by atomic mass is 10.1. The molecule has 0 saturated carbocycles. The summed E-state index contributed by atoms with van der Waals surface area (Å²) in [5, 5.41) is 0. The Bertz CT molecular complexity index is 650. The third-order valence-corrected chi connectivity index (χ3v) is 4.17. The second-order valence-corrected chi connectivity index (χ2v) is 5.90. The number of nitrogens with one attached hydrogen (secondary N) is 1. The van der Waals surface area contributed by atoms with Crippen molar-refractivity contribution < 1.29 is 14.5 Å². The molecule has 5 heteroatoms. The number of aromatic amines is 1. The number of nitrogens with zero attached hydrogens (tertiary/aromatic N) is 2. The van der Waals surface area contributed by atoms with E-state index in [9.17, 15) is 4.79 Å². The topological polar surface area (TPSA) is 46.9 Å². The van der Waals surface area contributed by atoms with E-state index >= 15 is 0 Å². The molecule has 2 aromatic rings. The Morgan fingerprint density at radius 3 is 2.46 bits per heavy atom. The second kappa shape index (κ2) is 7.81. The highest BCUT2D eigenvalue weighted by Crippen LogP contribution is 2.16. The van der Waals surface area contributed by atoms with Gasteiger partial charge < -0.3 is 9.64 Å². The molecule has 24 heavy (non-hydrogen) atoms. The van der Waals surface area contributed by atoms with Gasteiger partial charge in [0.2, 0.25) is 0 Å². The lowest BCUT2D eigenvalue weighted by Crippen LogP contribution is -2.50. The molecule has 126 valence electrons. The monoisotopic (exact) mass is 326 g/mol. The Balaban J connectivity index is 1.57. The van der Waals surface area contributed by atoms with Gasteiger partial charge in [0.1, 0.15) is 18.8 Å². The maximum atomic E-state index is 12.6. The van der Waals surface area contributed by atoms with Crippen LogP contribution in [0.25, 0.3) is 0 Å². The van der Waals surface area contributed by atoms with Gasteiger partial charge in [-0.1, -0.05) is 13.0 Å². The van der Waals surface area contributed by atoms with Crippen LogP contribution >= 0.6 is 0 Å². The number of carbonyl (C=O) groups excluding carboxylic acids is 1.